The molecule has 1 unspecified atom stereocenters. The van der Waals surface area contributed by atoms with Crippen molar-refractivity contribution in [1.29, 1.82) is 0 Å². The smallest absolute Gasteiger partial charge is 0.272 e. The lowest BCUT2D eigenvalue weighted by Crippen LogP contribution is -2.27. The van der Waals surface area contributed by atoms with Crippen molar-refractivity contribution in [2.75, 3.05) is 14.1 Å². The van der Waals surface area contributed by atoms with Gasteiger partial charge in [-0.15, -0.1) is 0 Å². The van der Waals surface area contributed by atoms with Gasteiger partial charge in [0.05, 0.1) is 0 Å². The van der Waals surface area contributed by atoms with E-state index in [0.29, 0.717) is 5.56 Å². The maximum absolute atomic E-state index is 13.1. The Morgan fingerprint density at radius 1 is 1.38 bits per heavy atom. The first-order valence-electron chi connectivity index (χ1n) is 5.26. The molecule has 4 heteroatoms. The van der Waals surface area contributed by atoms with Crippen LogP contribution >= 0.6 is 0 Å². The third-order valence-corrected chi connectivity index (χ3v) is 2.97. The molecular formula is C12H16F2N2. The zero-order valence-electron chi connectivity index (χ0n) is 9.50. The minimum atomic E-state index is -2.75. The minimum absolute atomic E-state index is 0.245. The summed E-state index contributed by atoms with van der Waals surface area (Å²) in [5.41, 5.74) is 5.79. The quantitative estimate of drug-likeness (QED) is 0.853. The Balaban J connectivity index is 2.24. The average Bonchev–Trinajstić information content (AvgIpc) is 2.67. The summed E-state index contributed by atoms with van der Waals surface area (Å²) >= 11 is 0. The van der Waals surface area contributed by atoms with E-state index in [4.69, 9.17) is 5.73 Å². The second kappa shape index (κ2) is 3.50. The average molecular weight is 226 g/mol. The van der Waals surface area contributed by atoms with Gasteiger partial charge in [0.2, 0.25) is 0 Å². The van der Waals surface area contributed by atoms with E-state index in [-0.39, 0.29) is 6.42 Å². The van der Waals surface area contributed by atoms with Crippen LogP contribution in [0.4, 0.5) is 8.78 Å². The summed E-state index contributed by atoms with van der Waals surface area (Å²) in [5, 5.41) is 0. The molecule has 1 aromatic rings. The van der Waals surface area contributed by atoms with Crippen LogP contribution in [0.2, 0.25) is 0 Å². The highest BCUT2D eigenvalue weighted by molar-refractivity contribution is 5.38. The summed E-state index contributed by atoms with van der Waals surface area (Å²) < 4.78 is 26.3. The van der Waals surface area contributed by atoms with E-state index in [1.54, 1.807) is 18.2 Å². The molecule has 0 amide bonds. The lowest BCUT2D eigenvalue weighted by molar-refractivity contribution is 0.0891. The molecule has 1 saturated carbocycles. The van der Waals surface area contributed by atoms with Gasteiger partial charge in [-0.25, -0.2) is 8.78 Å². The molecule has 2 nitrogen and oxygen atoms in total. The third kappa shape index (κ3) is 1.83. The van der Waals surface area contributed by atoms with Gasteiger partial charge in [0.15, 0.2) is 0 Å². The molecule has 0 aromatic heterocycles. The van der Waals surface area contributed by atoms with Gasteiger partial charge in [-0.2, -0.15) is 0 Å². The molecule has 2 N–H and O–H groups in total. The number of rotatable bonds is 3. The van der Waals surface area contributed by atoms with Crippen molar-refractivity contribution in [3.8, 4) is 0 Å². The Hall–Kier alpha value is -1.00. The van der Waals surface area contributed by atoms with E-state index in [0.717, 1.165) is 12.1 Å². The van der Waals surface area contributed by atoms with Gasteiger partial charge < -0.3 is 10.6 Å². The lowest BCUT2D eigenvalue weighted by atomic mass is 10.0. The maximum atomic E-state index is 13.1. The second-order valence-corrected chi connectivity index (χ2v) is 4.79. The molecule has 1 fully saturated rings. The van der Waals surface area contributed by atoms with Crippen LogP contribution in [0.5, 0.6) is 0 Å². The van der Waals surface area contributed by atoms with Crippen molar-refractivity contribution in [2.45, 2.75) is 24.4 Å². The molecule has 1 aliphatic rings. The van der Waals surface area contributed by atoms with E-state index >= 15 is 0 Å². The molecule has 1 aromatic carbocycles. The molecule has 88 valence electrons. The normalized spacial score (nSPS) is 27.1. The van der Waals surface area contributed by atoms with Gasteiger partial charge in [0.25, 0.3) is 5.92 Å². The number of hydrogen-bond acceptors (Lipinski definition) is 2. The summed E-state index contributed by atoms with van der Waals surface area (Å²) in [5.74, 6) is -2.75. The van der Waals surface area contributed by atoms with E-state index in [9.17, 15) is 8.78 Å². The largest absolute Gasteiger partial charge is 0.316 e. The predicted molar refractivity (Wildman–Crippen MR) is 59.3 cm³/mol. The molecule has 1 aliphatic carbocycles. The molecule has 0 bridgehead atoms. The number of nitrogens with two attached hydrogens (primary N) is 1. The fourth-order valence-electron chi connectivity index (χ4n) is 1.93. The Morgan fingerprint density at radius 2 is 2.00 bits per heavy atom. The fourth-order valence-corrected chi connectivity index (χ4v) is 1.93. The molecule has 0 heterocycles. The Bertz CT molecular complexity index is 404. The highest BCUT2D eigenvalue weighted by Gasteiger charge is 2.69. The van der Waals surface area contributed by atoms with Crippen LogP contribution in [0.1, 0.15) is 17.5 Å². The SMILES string of the molecule is CN(C)Cc1cccc(C2(N)CC2(F)F)c1. The molecular weight excluding hydrogens is 210 g/mol. The van der Waals surface area contributed by atoms with Crippen LogP contribution in [0.25, 0.3) is 0 Å². The maximum Gasteiger partial charge on any atom is 0.272 e. The van der Waals surface area contributed by atoms with Crippen molar-refractivity contribution < 1.29 is 8.78 Å². The first kappa shape index (κ1) is 11.5. The summed E-state index contributed by atoms with van der Waals surface area (Å²) in [4.78, 5) is 1.99. The zero-order valence-corrected chi connectivity index (χ0v) is 9.50. The topological polar surface area (TPSA) is 29.3 Å². The first-order chi connectivity index (χ1) is 7.35. The standard InChI is InChI=1S/C12H16F2N2/c1-16(2)7-9-4-3-5-10(6-9)11(15)8-12(11,13)14/h3-6H,7-8,15H2,1-2H3. The van der Waals surface area contributed by atoms with Crippen molar-refractivity contribution in [1.82, 2.24) is 4.90 Å². The van der Waals surface area contributed by atoms with Crippen molar-refractivity contribution >= 4 is 0 Å². The summed E-state index contributed by atoms with van der Waals surface area (Å²) in [6, 6.07) is 7.17. The van der Waals surface area contributed by atoms with E-state index < -0.39 is 11.5 Å². The number of benzene rings is 1. The minimum Gasteiger partial charge on any atom is -0.316 e. The van der Waals surface area contributed by atoms with E-state index in [1.165, 1.54) is 0 Å². The molecule has 0 aliphatic heterocycles. The third-order valence-electron chi connectivity index (χ3n) is 2.97. The van der Waals surface area contributed by atoms with Crippen molar-refractivity contribution in [3.05, 3.63) is 35.4 Å². The zero-order chi connectivity index (χ0) is 12.0. The van der Waals surface area contributed by atoms with Crippen LogP contribution in [0.3, 0.4) is 0 Å². The highest BCUT2D eigenvalue weighted by Crippen LogP contribution is 2.57. The van der Waals surface area contributed by atoms with Crippen LogP contribution < -0.4 is 5.73 Å². The van der Waals surface area contributed by atoms with Gasteiger partial charge in [0.1, 0.15) is 5.54 Å². The molecule has 1 atom stereocenters. The molecule has 0 spiro atoms. The summed E-state index contributed by atoms with van der Waals surface area (Å²) in [6.45, 7) is 0.732. The Morgan fingerprint density at radius 3 is 2.50 bits per heavy atom. The Kier molecular flexibility index (Phi) is 2.51. The van der Waals surface area contributed by atoms with Gasteiger partial charge in [-0.1, -0.05) is 24.3 Å². The molecule has 16 heavy (non-hydrogen) atoms. The van der Waals surface area contributed by atoms with Gasteiger partial charge in [0, 0.05) is 13.0 Å². The number of halogens is 2. The lowest BCUT2D eigenvalue weighted by Gasteiger charge is -2.14. The second-order valence-electron chi connectivity index (χ2n) is 4.79. The van der Waals surface area contributed by atoms with E-state index in [2.05, 4.69) is 0 Å². The highest BCUT2D eigenvalue weighted by atomic mass is 19.3. The summed E-state index contributed by atoms with van der Waals surface area (Å²) in [7, 11) is 3.88. The van der Waals surface area contributed by atoms with Gasteiger partial charge >= 0.3 is 0 Å². The van der Waals surface area contributed by atoms with Gasteiger partial charge in [-0.3, -0.25) is 0 Å². The van der Waals surface area contributed by atoms with Gasteiger partial charge in [-0.05, 0) is 25.2 Å². The van der Waals surface area contributed by atoms with Crippen LogP contribution in [0, 0.1) is 0 Å². The summed E-state index contributed by atoms with van der Waals surface area (Å²) in [6.07, 6.45) is -0.245. The molecule has 0 saturated heterocycles. The number of alkyl halides is 2. The predicted octanol–water partition coefficient (Wildman–Crippen LogP) is 1.94. The monoisotopic (exact) mass is 226 g/mol. The van der Waals surface area contributed by atoms with E-state index in [1.807, 2.05) is 25.1 Å². The van der Waals surface area contributed by atoms with Crippen LogP contribution in [-0.2, 0) is 12.1 Å². The fraction of sp³-hybridized carbons (Fsp3) is 0.500. The first-order valence-corrected chi connectivity index (χ1v) is 5.26. The molecule has 2 rings (SSSR count). The Labute approximate surface area is 94.0 Å². The number of nitrogens with zero attached hydrogens (tertiary/aromatic N) is 1. The van der Waals surface area contributed by atoms with Crippen molar-refractivity contribution in [3.63, 3.8) is 0 Å². The molecule has 0 radical (unpaired) electrons. The number of hydrogen-bond donors (Lipinski definition) is 1. The van der Waals surface area contributed by atoms with Crippen LogP contribution in [0.15, 0.2) is 24.3 Å². The van der Waals surface area contributed by atoms with Crippen LogP contribution in [-0.4, -0.2) is 24.9 Å². The van der Waals surface area contributed by atoms with Crippen molar-refractivity contribution in [2.24, 2.45) is 5.73 Å².